The lowest BCUT2D eigenvalue weighted by Gasteiger charge is -2.27. The first kappa shape index (κ1) is 30.2. The Morgan fingerprint density at radius 1 is 0.844 bits per heavy atom. The summed E-state index contributed by atoms with van der Waals surface area (Å²) in [6, 6.07) is 0. The maximum atomic E-state index is 15.9. The third-order valence-corrected chi connectivity index (χ3v) is 9.20. The van der Waals surface area contributed by atoms with Gasteiger partial charge >= 0.3 is 15.6 Å². The average Bonchev–Trinajstić information content (AvgIpc) is 3.72. The van der Waals surface area contributed by atoms with Crippen molar-refractivity contribution in [2.75, 3.05) is 24.7 Å². The number of H-pyrrole nitrogens is 1. The summed E-state index contributed by atoms with van der Waals surface area (Å²) >= 11 is 0. The van der Waals surface area contributed by atoms with Gasteiger partial charge in [-0.1, -0.05) is 0 Å². The van der Waals surface area contributed by atoms with E-state index in [1.54, 1.807) is 0 Å². The van der Waals surface area contributed by atoms with E-state index in [0.29, 0.717) is 0 Å². The minimum Gasteiger partial charge on any atom is -0.382 e. The molecule has 0 radical (unpaired) electrons. The number of nitrogens with two attached hydrogens (primary N) is 2. The highest BCUT2D eigenvalue weighted by Gasteiger charge is 2.55. The van der Waals surface area contributed by atoms with Crippen LogP contribution in [-0.4, -0.2) is 98.8 Å². The van der Waals surface area contributed by atoms with Crippen molar-refractivity contribution >= 4 is 49.7 Å². The molecule has 21 nitrogen and oxygen atoms in total. The summed E-state index contributed by atoms with van der Waals surface area (Å²) in [7, 11) is -10.3. The standard InChI is InChI=1S/C20H22F2N10O11P2/c21-8-12-6(40-18(8)31-4-27-10-14(23)25-3-26-15(10)31)1-38-45(36,37)43-13-7(2-39-44(34,35)42-12)41-19(9(13)22)32-5-28-11-16(32)29-20(24)30-17(11)33/h3-9,12-13,18-19H,1-2H2,(H,34,35)(H,36,37)(H2,23,25,26)(H3,24,29,30,33)/t6?,7?,8-,9-,12-,13-,18?,19?/m1/s1. The lowest BCUT2D eigenvalue weighted by molar-refractivity contribution is -0.0662. The quantitative estimate of drug-likeness (QED) is 0.169. The van der Waals surface area contributed by atoms with Crippen molar-refractivity contribution in [2.24, 2.45) is 0 Å². The summed E-state index contributed by atoms with van der Waals surface area (Å²) in [6.45, 7) is -1.89. The van der Waals surface area contributed by atoms with Crippen molar-refractivity contribution in [3.05, 3.63) is 29.3 Å². The molecule has 4 aromatic heterocycles. The number of nitrogen functional groups attached to an aromatic ring is 2. The highest BCUT2D eigenvalue weighted by molar-refractivity contribution is 7.47. The number of hydrogen-bond acceptors (Lipinski definition) is 16. The van der Waals surface area contributed by atoms with Gasteiger partial charge in [0.25, 0.3) is 5.56 Å². The summed E-state index contributed by atoms with van der Waals surface area (Å²) in [5.74, 6) is -0.332. The Morgan fingerprint density at radius 3 is 1.96 bits per heavy atom. The number of ether oxygens (including phenoxy) is 2. The molecule has 0 saturated carbocycles. The molecule has 0 spiro atoms. The van der Waals surface area contributed by atoms with Gasteiger partial charge in [0.05, 0.1) is 25.9 Å². The zero-order valence-corrected chi connectivity index (χ0v) is 24.1. The van der Waals surface area contributed by atoms with Crippen molar-refractivity contribution in [1.29, 1.82) is 0 Å². The van der Waals surface area contributed by atoms with Crippen LogP contribution in [0.3, 0.4) is 0 Å². The molecule has 6 unspecified atom stereocenters. The highest BCUT2D eigenvalue weighted by atomic mass is 31.2. The number of aromatic amines is 1. The van der Waals surface area contributed by atoms with E-state index < -0.39 is 83.6 Å². The van der Waals surface area contributed by atoms with Gasteiger partial charge in [0.1, 0.15) is 36.3 Å². The smallest absolute Gasteiger partial charge is 0.382 e. The normalized spacial score (nSPS) is 37.7. The number of fused-ring (bicyclic) bond motifs is 4. The van der Waals surface area contributed by atoms with Gasteiger partial charge in [-0.25, -0.2) is 37.8 Å². The summed E-state index contributed by atoms with van der Waals surface area (Å²) in [5, 5.41) is 0. The van der Waals surface area contributed by atoms with Gasteiger partial charge in [-0.3, -0.25) is 37.0 Å². The lowest BCUT2D eigenvalue weighted by Crippen LogP contribution is -2.37. The number of nitrogens with one attached hydrogen (secondary N) is 1. The highest BCUT2D eigenvalue weighted by Crippen LogP contribution is 2.54. The largest absolute Gasteiger partial charge is 0.472 e. The zero-order chi connectivity index (χ0) is 31.8. The van der Waals surface area contributed by atoms with Gasteiger partial charge in [0.15, 0.2) is 47.4 Å². The van der Waals surface area contributed by atoms with E-state index in [1.807, 2.05) is 0 Å². The second-order valence-corrected chi connectivity index (χ2v) is 12.9. The van der Waals surface area contributed by atoms with Crippen LogP contribution in [0.4, 0.5) is 20.5 Å². The van der Waals surface area contributed by atoms with E-state index >= 15 is 8.78 Å². The summed E-state index contributed by atoms with van der Waals surface area (Å²) in [5.41, 5.74) is 10.4. The Balaban J connectivity index is 1.17. The number of anilines is 2. The predicted molar refractivity (Wildman–Crippen MR) is 141 cm³/mol. The van der Waals surface area contributed by atoms with Crippen molar-refractivity contribution in [2.45, 2.75) is 49.2 Å². The Kier molecular flexibility index (Phi) is 7.24. The third-order valence-electron chi connectivity index (χ3n) is 7.23. The molecule has 0 bridgehead atoms. The Labute approximate surface area is 247 Å². The van der Waals surface area contributed by atoms with Gasteiger partial charge in [-0.05, 0) is 0 Å². The maximum Gasteiger partial charge on any atom is 0.472 e. The molecule has 4 aromatic rings. The van der Waals surface area contributed by atoms with E-state index in [9.17, 15) is 23.7 Å². The van der Waals surface area contributed by atoms with Crippen molar-refractivity contribution < 1.29 is 55.3 Å². The molecule has 0 aliphatic carbocycles. The van der Waals surface area contributed by atoms with Gasteiger partial charge in [0.2, 0.25) is 5.95 Å². The van der Waals surface area contributed by atoms with Crippen LogP contribution in [0.1, 0.15) is 12.5 Å². The molecule has 7 heterocycles. The van der Waals surface area contributed by atoms with Crippen LogP contribution < -0.4 is 17.0 Å². The number of alkyl halides is 2. The minimum absolute atomic E-state index is 0.0127. The van der Waals surface area contributed by atoms with Crippen molar-refractivity contribution in [3.63, 3.8) is 0 Å². The third kappa shape index (κ3) is 5.29. The molecule has 3 fully saturated rings. The van der Waals surface area contributed by atoms with Gasteiger partial charge in [-0.15, -0.1) is 0 Å². The minimum atomic E-state index is -5.18. The molecule has 242 valence electrons. The number of imidazole rings is 2. The monoisotopic (exact) mass is 678 g/mol. The van der Waals surface area contributed by atoms with E-state index in [-0.39, 0.29) is 34.1 Å². The second kappa shape index (κ2) is 10.8. The van der Waals surface area contributed by atoms with E-state index in [2.05, 4.69) is 29.9 Å². The summed E-state index contributed by atoms with van der Waals surface area (Å²) < 4.78 is 91.3. The Bertz CT molecular complexity index is 1940. The molecular formula is C20H22F2N10O11P2. The number of phosphoric acid groups is 2. The summed E-state index contributed by atoms with van der Waals surface area (Å²) in [4.78, 5) is 55.0. The van der Waals surface area contributed by atoms with Crippen LogP contribution in [0.2, 0.25) is 0 Å². The van der Waals surface area contributed by atoms with Crippen molar-refractivity contribution in [1.82, 2.24) is 39.0 Å². The molecule has 0 aromatic carbocycles. The van der Waals surface area contributed by atoms with Crippen LogP contribution in [0, 0.1) is 0 Å². The molecule has 7 N–H and O–H groups in total. The zero-order valence-electron chi connectivity index (χ0n) is 22.3. The second-order valence-electron chi connectivity index (χ2n) is 10.0. The van der Waals surface area contributed by atoms with Crippen LogP contribution in [0.15, 0.2) is 23.8 Å². The van der Waals surface area contributed by atoms with E-state index in [0.717, 1.165) is 28.1 Å². The molecule has 3 aliphatic rings. The summed E-state index contributed by atoms with van der Waals surface area (Å²) in [6.07, 6.45) is -11.7. The first-order chi connectivity index (χ1) is 21.3. The van der Waals surface area contributed by atoms with Crippen LogP contribution in [-0.2, 0) is 36.7 Å². The number of phosphoric ester groups is 2. The number of rotatable bonds is 2. The Hall–Kier alpha value is -3.50. The first-order valence-corrected chi connectivity index (χ1v) is 15.9. The molecule has 0 amide bonds. The molecule has 7 rings (SSSR count). The fourth-order valence-electron chi connectivity index (χ4n) is 5.25. The fourth-order valence-corrected chi connectivity index (χ4v) is 7.16. The van der Waals surface area contributed by atoms with Gasteiger partial charge in [0, 0.05) is 0 Å². The van der Waals surface area contributed by atoms with Crippen LogP contribution in [0.5, 0.6) is 0 Å². The molecule has 10 atom stereocenters. The molecule has 3 saturated heterocycles. The topological polar surface area (TPSA) is 289 Å². The van der Waals surface area contributed by atoms with E-state index in [4.69, 9.17) is 39.0 Å². The SMILES string of the molecule is Nc1nc2c(ncn2C2OC3COP(=O)(O)O[C@@H]4C(COP(=O)(O)O[C@H]3[C@H]2F)OC(n2cnc3c(N)ncnc32)[C@@H]4F)c(=O)[nH]1. The van der Waals surface area contributed by atoms with Crippen LogP contribution in [0.25, 0.3) is 22.3 Å². The maximum absolute atomic E-state index is 15.9. The van der Waals surface area contributed by atoms with Crippen LogP contribution >= 0.6 is 15.6 Å². The molecular weight excluding hydrogens is 656 g/mol. The predicted octanol–water partition coefficient (Wildman–Crippen LogP) is -0.387. The molecule has 45 heavy (non-hydrogen) atoms. The van der Waals surface area contributed by atoms with Crippen molar-refractivity contribution in [3.8, 4) is 0 Å². The number of hydrogen-bond donors (Lipinski definition) is 5. The van der Waals surface area contributed by atoms with E-state index in [1.165, 1.54) is 0 Å². The average molecular weight is 678 g/mol. The Morgan fingerprint density at radius 2 is 1.38 bits per heavy atom. The first-order valence-electron chi connectivity index (χ1n) is 12.9. The molecule has 3 aliphatic heterocycles. The van der Waals surface area contributed by atoms with Gasteiger partial charge in [-0.2, -0.15) is 4.98 Å². The molecule has 25 heteroatoms. The fraction of sp³-hybridized carbons (Fsp3) is 0.500. The lowest BCUT2D eigenvalue weighted by atomic mass is 10.1. The number of halogens is 2. The van der Waals surface area contributed by atoms with Gasteiger partial charge < -0.3 is 30.7 Å². The number of aromatic nitrogens is 8. The number of nitrogens with zero attached hydrogens (tertiary/aromatic N) is 7.